The van der Waals surface area contributed by atoms with E-state index < -0.39 is 11.0 Å². The molecule has 0 bridgehead atoms. The number of carbonyl (C=O) groups excluding carboxylic acids is 1. The molecular weight excluding hydrogens is 206 g/mol. The highest BCUT2D eigenvalue weighted by molar-refractivity contribution is 5.94. The van der Waals surface area contributed by atoms with E-state index in [4.69, 9.17) is 10.2 Å². The molecule has 0 atom stereocenters. The van der Waals surface area contributed by atoms with Crippen molar-refractivity contribution in [2.45, 2.75) is 40.2 Å². The van der Waals surface area contributed by atoms with Gasteiger partial charge in [-0.05, 0) is 34.6 Å². The Kier molecular flexibility index (Phi) is 3.10. The molecule has 1 rings (SSSR count). The number of aromatic nitrogens is 1. The summed E-state index contributed by atoms with van der Waals surface area (Å²) in [6.45, 7) is 8.99. The van der Waals surface area contributed by atoms with E-state index in [1.807, 2.05) is 13.8 Å². The molecule has 5 nitrogen and oxygen atoms in total. The molecule has 0 spiro atoms. The summed E-state index contributed by atoms with van der Waals surface area (Å²) >= 11 is 0. The second-order valence-corrected chi connectivity index (χ2v) is 5.09. The number of anilines is 1. The van der Waals surface area contributed by atoms with Gasteiger partial charge in [0.15, 0.2) is 0 Å². The Morgan fingerprint density at radius 2 is 2.00 bits per heavy atom. The van der Waals surface area contributed by atoms with Crippen LogP contribution in [0.3, 0.4) is 0 Å². The molecule has 0 saturated carbocycles. The van der Waals surface area contributed by atoms with Crippen molar-refractivity contribution in [3.05, 3.63) is 12.0 Å². The fourth-order valence-electron chi connectivity index (χ4n) is 0.957. The van der Waals surface area contributed by atoms with Gasteiger partial charge in [-0.1, -0.05) is 0 Å². The van der Waals surface area contributed by atoms with Gasteiger partial charge in [-0.3, -0.25) is 10.1 Å². The van der Waals surface area contributed by atoms with Crippen LogP contribution in [0.15, 0.2) is 10.7 Å². The molecule has 5 heteroatoms. The molecule has 16 heavy (non-hydrogen) atoms. The van der Waals surface area contributed by atoms with Gasteiger partial charge in [0.1, 0.15) is 6.26 Å². The number of hydrogen-bond donors (Lipinski definition) is 2. The van der Waals surface area contributed by atoms with Crippen LogP contribution in [0, 0.1) is 12.3 Å². The first-order chi connectivity index (χ1) is 7.14. The maximum Gasteiger partial charge on any atom is 0.301 e. The van der Waals surface area contributed by atoms with Crippen LogP contribution in [0.4, 0.5) is 6.01 Å². The van der Waals surface area contributed by atoms with E-state index in [9.17, 15) is 4.79 Å². The van der Waals surface area contributed by atoms with Gasteiger partial charge < -0.3 is 10.2 Å². The molecule has 0 aromatic carbocycles. The van der Waals surface area contributed by atoms with Crippen LogP contribution in [0.5, 0.6) is 0 Å². The number of hydrogen-bond acceptors (Lipinski definition) is 4. The average molecular weight is 225 g/mol. The molecule has 0 saturated heterocycles. The molecule has 90 valence electrons. The van der Waals surface area contributed by atoms with E-state index in [0.29, 0.717) is 0 Å². The van der Waals surface area contributed by atoms with Gasteiger partial charge in [0, 0.05) is 5.54 Å². The fraction of sp³-hybridized carbons (Fsp3) is 0.636. The van der Waals surface area contributed by atoms with Gasteiger partial charge in [-0.15, -0.1) is 0 Å². The molecule has 0 aliphatic carbocycles. The Bertz CT molecular complexity index is 388. The Morgan fingerprint density at radius 3 is 2.38 bits per heavy atom. The zero-order chi connectivity index (χ0) is 12.6. The molecular formula is C11H19N3O2. The van der Waals surface area contributed by atoms with Crippen molar-refractivity contribution in [2.24, 2.45) is 11.1 Å². The van der Waals surface area contributed by atoms with Crippen LogP contribution in [0.1, 0.15) is 33.4 Å². The molecule has 0 aliphatic rings. The predicted octanol–water partition coefficient (Wildman–Crippen LogP) is 1.69. The van der Waals surface area contributed by atoms with Crippen molar-refractivity contribution < 1.29 is 9.21 Å². The molecule has 1 aromatic heterocycles. The molecule has 0 fully saturated rings. The summed E-state index contributed by atoms with van der Waals surface area (Å²) in [4.78, 5) is 16.0. The summed E-state index contributed by atoms with van der Waals surface area (Å²) in [5, 5.41) is 2.61. The van der Waals surface area contributed by atoms with Gasteiger partial charge in [0.25, 0.3) is 0 Å². The number of nitrogens with two attached hydrogens (primary N) is 1. The van der Waals surface area contributed by atoms with E-state index in [1.54, 1.807) is 20.8 Å². The molecule has 0 unspecified atom stereocenters. The van der Waals surface area contributed by atoms with Gasteiger partial charge >= 0.3 is 6.01 Å². The van der Waals surface area contributed by atoms with Crippen LogP contribution < -0.4 is 11.1 Å². The number of aryl methyl sites for hydroxylation is 1. The van der Waals surface area contributed by atoms with Crippen molar-refractivity contribution in [1.29, 1.82) is 0 Å². The first-order valence-electron chi connectivity index (χ1n) is 5.17. The van der Waals surface area contributed by atoms with Crippen molar-refractivity contribution in [3.63, 3.8) is 0 Å². The lowest BCUT2D eigenvalue weighted by atomic mass is 9.74. The Morgan fingerprint density at radius 1 is 1.44 bits per heavy atom. The van der Waals surface area contributed by atoms with E-state index in [-0.39, 0.29) is 11.9 Å². The van der Waals surface area contributed by atoms with Crippen molar-refractivity contribution in [2.75, 3.05) is 5.32 Å². The number of nitrogens with zero attached hydrogens (tertiary/aromatic N) is 1. The van der Waals surface area contributed by atoms with Crippen LogP contribution in [-0.4, -0.2) is 16.4 Å². The summed E-state index contributed by atoms with van der Waals surface area (Å²) < 4.78 is 5.06. The average Bonchev–Trinajstić information content (AvgIpc) is 2.49. The molecule has 0 radical (unpaired) electrons. The number of carbonyl (C=O) groups is 1. The van der Waals surface area contributed by atoms with Crippen LogP contribution in [0.2, 0.25) is 0 Å². The lowest BCUT2D eigenvalue weighted by Crippen LogP contribution is -2.53. The highest BCUT2D eigenvalue weighted by Crippen LogP contribution is 2.29. The monoisotopic (exact) mass is 225 g/mol. The van der Waals surface area contributed by atoms with E-state index in [2.05, 4.69) is 10.3 Å². The van der Waals surface area contributed by atoms with E-state index >= 15 is 0 Å². The standard InChI is InChI=1S/C11H19N3O2/c1-7-6-16-9(13-7)14-8(15)10(2,3)11(4,5)12/h6H,12H2,1-5H3,(H,13,14,15). The van der Waals surface area contributed by atoms with Crippen molar-refractivity contribution >= 4 is 11.9 Å². The Balaban J connectivity index is 2.80. The number of nitrogens with one attached hydrogen (secondary N) is 1. The third-order valence-electron chi connectivity index (χ3n) is 3.02. The highest BCUT2D eigenvalue weighted by atomic mass is 16.4. The Hall–Kier alpha value is -1.36. The van der Waals surface area contributed by atoms with E-state index in [0.717, 1.165) is 5.69 Å². The highest BCUT2D eigenvalue weighted by Gasteiger charge is 2.40. The zero-order valence-electron chi connectivity index (χ0n) is 10.4. The summed E-state index contributed by atoms with van der Waals surface area (Å²) in [7, 11) is 0. The predicted molar refractivity (Wildman–Crippen MR) is 61.9 cm³/mol. The molecule has 0 aliphatic heterocycles. The van der Waals surface area contributed by atoms with Crippen LogP contribution >= 0.6 is 0 Å². The minimum absolute atomic E-state index is 0.207. The summed E-state index contributed by atoms with van der Waals surface area (Å²) in [6.07, 6.45) is 1.48. The molecule has 3 N–H and O–H groups in total. The van der Waals surface area contributed by atoms with Crippen LogP contribution in [0.25, 0.3) is 0 Å². The lowest BCUT2D eigenvalue weighted by molar-refractivity contribution is -0.126. The minimum Gasteiger partial charge on any atom is -0.432 e. The summed E-state index contributed by atoms with van der Waals surface area (Å²) in [5.41, 5.74) is 5.34. The van der Waals surface area contributed by atoms with Gasteiger partial charge in [0.05, 0.1) is 11.1 Å². The second kappa shape index (κ2) is 3.90. The topological polar surface area (TPSA) is 81.2 Å². The minimum atomic E-state index is -0.713. The fourth-order valence-corrected chi connectivity index (χ4v) is 0.957. The van der Waals surface area contributed by atoms with Gasteiger partial charge in [-0.25, -0.2) is 0 Å². The zero-order valence-corrected chi connectivity index (χ0v) is 10.4. The SMILES string of the molecule is Cc1coc(NC(=O)C(C)(C)C(C)(C)N)n1. The maximum absolute atomic E-state index is 12.0. The first-order valence-corrected chi connectivity index (χ1v) is 5.17. The quantitative estimate of drug-likeness (QED) is 0.820. The normalized spacial score (nSPS) is 12.6. The summed E-state index contributed by atoms with van der Waals surface area (Å²) in [5.74, 6) is -0.207. The third-order valence-corrected chi connectivity index (χ3v) is 3.02. The Labute approximate surface area is 95.4 Å². The lowest BCUT2D eigenvalue weighted by Gasteiger charge is -2.36. The molecule has 1 heterocycles. The van der Waals surface area contributed by atoms with E-state index in [1.165, 1.54) is 6.26 Å². The second-order valence-electron chi connectivity index (χ2n) is 5.09. The molecule has 1 amide bonds. The maximum atomic E-state index is 12.0. The van der Waals surface area contributed by atoms with Gasteiger partial charge in [-0.2, -0.15) is 4.98 Å². The van der Waals surface area contributed by atoms with Crippen molar-refractivity contribution in [3.8, 4) is 0 Å². The van der Waals surface area contributed by atoms with Crippen LogP contribution in [-0.2, 0) is 4.79 Å². The number of rotatable bonds is 3. The summed E-state index contributed by atoms with van der Waals surface area (Å²) in [6, 6.07) is 0.208. The van der Waals surface area contributed by atoms with Gasteiger partial charge in [0.2, 0.25) is 5.91 Å². The number of oxazole rings is 1. The largest absolute Gasteiger partial charge is 0.432 e. The third kappa shape index (κ3) is 2.41. The number of amides is 1. The smallest absolute Gasteiger partial charge is 0.301 e. The van der Waals surface area contributed by atoms with Crippen molar-refractivity contribution in [1.82, 2.24) is 4.98 Å². The first kappa shape index (κ1) is 12.7. The molecule has 1 aromatic rings.